The Hall–Kier alpha value is -4.13. The summed E-state index contributed by atoms with van der Waals surface area (Å²) in [6.45, 7) is 0. The zero-order chi connectivity index (χ0) is 25.3. The van der Waals surface area contributed by atoms with Gasteiger partial charge in [0.15, 0.2) is 5.54 Å². The first-order chi connectivity index (χ1) is 17.3. The van der Waals surface area contributed by atoms with Crippen molar-refractivity contribution in [3.05, 3.63) is 102 Å². The second-order valence-electron chi connectivity index (χ2n) is 8.28. The molecule has 0 amide bonds. The molecule has 180 valence electrons. The van der Waals surface area contributed by atoms with Gasteiger partial charge in [-0.3, -0.25) is 4.72 Å². The van der Waals surface area contributed by atoms with Gasteiger partial charge in [-0.1, -0.05) is 48.0 Å². The minimum Gasteiger partial charge on any atom is -0.418 e. The first kappa shape index (κ1) is 23.6. The van der Waals surface area contributed by atoms with E-state index in [9.17, 15) is 13.7 Å². The fourth-order valence-corrected chi connectivity index (χ4v) is 5.05. The molecule has 0 saturated carbocycles. The number of nitrogens with one attached hydrogen (secondary N) is 1. The summed E-state index contributed by atoms with van der Waals surface area (Å²) in [5.74, 6) is 0.530. The molecule has 0 aliphatic carbocycles. The van der Waals surface area contributed by atoms with Crippen molar-refractivity contribution in [2.45, 2.75) is 12.0 Å². The summed E-state index contributed by atoms with van der Waals surface area (Å²) in [7, 11) is -3.51. The third kappa shape index (κ3) is 4.21. The summed E-state index contributed by atoms with van der Waals surface area (Å²) in [6.07, 6.45) is 2.84. The first-order valence-corrected chi connectivity index (χ1v) is 13.2. The van der Waals surface area contributed by atoms with Gasteiger partial charge in [0.05, 0.1) is 29.9 Å². The van der Waals surface area contributed by atoms with E-state index < -0.39 is 15.6 Å². The van der Waals surface area contributed by atoms with E-state index >= 15 is 0 Å². The molecule has 8 nitrogen and oxygen atoms in total. The summed E-state index contributed by atoms with van der Waals surface area (Å²) in [6, 6.07) is 25.8. The number of aromatic nitrogens is 3. The lowest BCUT2D eigenvalue weighted by Crippen LogP contribution is -2.36. The topological polar surface area (TPSA) is 114 Å². The maximum Gasteiger partial charge on any atom is 0.248 e. The van der Waals surface area contributed by atoms with E-state index in [4.69, 9.17) is 16.0 Å². The van der Waals surface area contributed by atoms with Crippen LogP contribution in [-0.2, 0) is 15.6 Å². The normalized spacial score (nSPS) is 13.2. The molecule has 3 aromatic carbocycles. The summed E-state index contributed by atoms with van der Waals surface area (Å²) in [5, 5.41) is 19.9. The Balaban J connectivity index is 1.79. The highest BCUT2D eigenvalue weighted by Gasteiger charge is 2.43. The van der Waals surface area contributed by atoms with Crippen LogP contribution in [0.3, 0.4) is 0 Å². The average molecular weight is 518 g/mol. The molecule has 0 bridgehead atoms. The lowest BCUT2D eigenvalue weighted by atomic mass is 9.86. The van der Waals surface area contributed by atoms with Gasteiger partial charge in [-0.05, 0) is 48.0 Å². The Kier molecular flexibility index (Phi) is 6.00. The van der Waals surface area contributed by atoms with Gasteiger partial charge in [-0.25, -0.2) is 8.42 Å². The monoisotopic (exact) mass is 517 g/mol. The molecule has 0 saturated heterocycles. The van der Waals surface area contributed by atoms with Crippen LogP contribution < -0.4 is 4.72 Å². The van der Waals surface area contributed by atoms with Gasteiger partial charge in [0.2, 0.25) is 21.8 Å². The number of hydrogen-bond acceptors (Lipinski definition) is 6. The van der Waals surface area contributed by atoms with Crippen molar-refractivity contribution < 1.29 is 12.8 Å². The highest BCUT2D eigenvalue weighted by molar-refractivity contribution is 7.92. The number of hydrogen-bond donors (Lipinski definition) is 1. The molecule has 10 heteroatoms. The number of benzene rings is 3. The zero-order valence-electron chi connectivity index (χ0n) is 19.1. The van der Waals surface area contributed by atoms with Gasteiger partial charge in [-0.15, -0.1) is 10.2 Å². The molecule has 1 atom stereocenters. The van der Waals surface area contributed by atoms with E-state index in [0.29, 0.717) is 33.1 Å². The van der Waals surface area contributed by atoms with Crippen molar-refractivity contribution in [2.75, 3.05) is 11.0 Å². The number of fused-ring (bicyclic) bond motifs is 1. The molecule has 0 fully saturated rings. The van der Waals surface area contributed by atoms with E-state index in [2.05, 4.69) is 21.0 Å². The molecular formula is C26H20ClN5O3S. The number of rotatable bonds is 7. The zero-order valence-corrected chi connectivity index (χ0v) is 20.7. The maximum atomic E-state index is 12.0. The Morgan fingerprint density at radius 1 is 1.03 bits per heavy atom. The quantitative estimate of drug-likeness (QED) is 0.308. The smallest absolute Gasteiger partial charge is 0.248 e. The van der Waals surface area contributed by atoms with Crippen molar-refractivity contribution in [1.29, 1.82) is 5.26 Å². The third-order valence-corrected chi connectivity index (χ3v) is 6.74. The largest absolute Gasteiger partial charge is 0.418 e. The third-order valence-electron chi connectivity index (χ3n) is 5.90. The Bertz CT molecular complexity index is 1690. The fraction of sp³-hybridized carbons (Fsp3) is 0.115. The second kappa shape index (κ2) is 9.15. The van der Waals surface area contributed by atoms with Crippen LogP contribution in [0.4, 0.5) is 5.69 Å². The van der Waals surface area contributed by atoms with Gasteiger partial charge in [0.1, 0.15) is 0 Å². The van der Waals surface area contributed by atoms with Crippen LogP contribution in [-0.4, -0.2) is 29.4 Å². The summed E-state index contributed by atoms with van der Waals surface area (Å²) in [4.78, 5) is 0. The molecular weight excluding hydrogens is 498 g/mol. The lowest BCUT2D eigenvalue weighted by molar-refractivity contribution is 0.339. The Morgan fingerprint density at radius 3 is 2.47 bits per heavy atom. The highest BCUT2D eigenvalue weighted by Crippen LogP contribution is 2.41. The van der Waals surface area contributed by atoms with Gasteiger partial charge in [0.25, 0.3) is 0 Å². The Morgan fingerprint density at radius 2 is 1.78 bits per heavy atom. The maximum absolute atomic E-state index is 12.0. The molecule has 5 rings (SSSR count). The second-order valence-corrected chi connectivity index (χ2v) is 10.5. The van der Waals surface area contributed by atoms with Crippen molar-refractivity contribution in [3.63, 3.8) is 0 Å². The van der Waals surface area contributed by atoms with Gasteiger partial charge in [0, 0.05) is 22.2 Å². The molecule has 0 aliphatic rings. The lowest BCUT2D eigenvalue weighted by Gasteiger charge is -2.31. The van der Waals surface area contributed by atoms with Crippen LogP contribution in [0.2, 0.25) is 5.02 Å². The van der Waals surface area contributed by atoms with E-state index in [1.807, 2.05) is 53.1 Å². The number of nitrogens with zero attached hydrogens (tertiary/aromatic N) is 4. The molecule has 0 spiro atoms. The predicted molar refractivity (Wildman–Crippen MR) is 138 cm³/mol. The van der Waals surface area contributed by atoms with Crippen molar-refractivity contribution in [1.82, 2.24) is 14.8 Å². The summed E-state index contributed by atoms with van der Waals surface area (Å²) >= 11 is 6.18. The van der Waals surface area contributed by atoms with E-state index in [1.165, 1.54) is 0 Å². The van der Waals surface area contributed by atoms with E-state index in [1.54, 1.807) is 36.5 Å². The van der Waals surface area contributed by atoms with Crippen LogP contribution >= 0.6 is 11.6 Å². The summed E-state index contributed by atoms with van der Waals surface area (Å²) in [5.41, 5.74) is 1.33. The average Bonchev–Trinajstić information content (AvgIpc) is 3.52. The molecule has 1 unspecified atom stereocenters. The number of sulfonamides is 1. The van der Waals surface area contributed by atoms with Crippen LogP contribution in [0.15, 0.2) is 89.5 Å². The van der Waals surface area contributed by atoms with Crippen molar-refractivity contribution >= 4 is 38.2 Å². The summed E-state index contributed by atoms with van der Waals surface area (Å²) < 4.78 is 34.6. The molecule has 0 radical (unpaired) electrons. The standard InChI is InChI=1S/C26H20ClN5O3S/c1-36(33,34)31-22-8-5-9-23-21(22)14-17-32(23)26(15-16-28,19-10-12-20(27)13-11-19)25-30-29-24(35-25)18-6-3-2-4-7-18/h2-14,17,31H,15H2,1H3. The van der Waals surface area contributed by atoms with Crippen molar-refractivity contribution in [3.8, 4) is 17.5 Å². The van der Waals surface area contributed by atoms with E-state index in [-0.39, 0.29) is 12.3 Å². The highest BCUT2D eigenvalue weighted by atomic mass is 35.5. The molecule has 36 heavy (non-hydrogen) atoms. The molecule has 2 aromatic heterocycles. The van der Waals surface area contributed by atoms with Gasteiger partial charge in [-0.2, -0.15) is 5.26 Å². The minimum atomic E-state index is -3.51. The fourth-order valence-electron chi connectivity index (χ4n) is 4.35. The number of anilines is 1. The van der Waals surface area contributed by atoms with Gasteiger partial charge >= 0.3 is 0 Å². The minimum absolute atomic E-state index is 0.0431. The number of halogens is 1. The molecule has 2 heterocycles. The van der Waals surface area contributed by atoms with Crippen LogP contribution in [0.25, 0.3) is 22.4 Å². The molecule has 1 N–H and O–H groups in total. The Labute approximate surface area is 212 Å². The number of nitriles is 1. The van der Waals surface area contributed by atoms with E-state index in [0.717, 1.165) is 11.8 Å². The molecule has 5 aromatic rings. The first-order valence-electron chi connectivity index (χ1n) is 10.9. The van der Waals surface area contributed by atoms with Crippen LogP contribution in [0.1, 0.15) is 17.9 Å². The van der Waals surface area contributed by atoms with Crippen molar-refractivity contribution in [2.24, 2.45) is 0 Å². The SMILES string of the molecule is CS(=O)(=O)Nc1cccc2c1ccn2C(CC#N)(c1ccc(Cl)cc1)c1nnc(-c2ccccc2)o1. The van der Waals surface area contributed by atoms with Crippen LogP contribution in [0.5, 0.6) is 0 Å². The van der Waals surface area contributed by atoms with Crippen LogP contribution in [0, 0.1) is 11.3 Å². The predicted octanol–water partition coefficient (Wildman–Crippen LogP) is 5.42. The molecule has 0 aliphatic heterocycles. The van der Waals surface area contributed by atoms with Gasteiger partial charge < -0.3 is 8.98 Å².